The number of fused-ring (bicyclic) bond motifs is 1. The Balaban J connectivity index is 2.42. The van der Waals surface area contributed by atoms with Gasteiger partial charge in [-0.15, -0.1) is 0 Å². The third kappa shape index (κ3) is 2.49. The molecule has 0 fully saturated rings. The molecule has 0 unspecified atom stereocenters. The molecule has 0 amide bonds. The van der Waals surface area contributed by atoms with E-state index in [1.54, 1.807) is 0 Å². The number of hydrogen-bond donors (Lipinski definition) is 0. The summed E-state index contributed by atoms with van der Waals surface area (Å²) >= 11 is 0. The first kappa shape index (κ1) is 11.7. The Hall–Kier alpha value is -1.77. The van der Waals surface area contributed by atoms with Crippen molar-refractivity contribution in [3.63, 3.8) is 0 Å². The Morgan fingerprint density at radius 3 is 2.71 bits per heavy atom. The topological polar surface area (TPSA) is 35.5 Å². The van der Waals surface area contributed by atoms with E-state index in [1.807, 2.05) is 45.1 Å². The molecule has 90 valence electrons. The lowest BCUT2D eigenvalue weighted by molar-refractivity contribution is -0.131. The van der Waals surface area contributed by atoms with Crippen molar-refractivity contribution in [1.29, 1.82) is 0 Å². The van der Waals surface area contributed by atoms with E-state index in [-0.39, 0.29) is 11.6 Å². The number of ether oxygens (including phenoxy) is 2. The summed E-state index contributed by atoms with van der Waals surface area (Å²) in [4.78, 5) is 11.0. The standard InChI is InChI=1S/C14H16O3/c1-9-7-13-11(5-6-14(3,4)17-13)8-12(9)16-10(2)15/h5-8H,1-4H3. The smallest absolute Gasteiger partial charge is 0.308 e. The highest BCUT2D eigenvalue weighted by atomic mass is 16.5. The van der Waals surface area contributed by atoms with Crippen LogP contribution in [0.1, 0.15) is 31.9 Å². The van der Waals surface area contributed by atoms with E-state index in [1.165, 1.54) is 6.92 Å². The maximum atomic E-state index is 11.0. The molecule has 0 N–H and O–H groups in total. The van der Waals surface area contributed by atoms with Gasteiger partial charge in [0.15, 0.2) is 0 Å². The molecule has 0 spiro atoms. The van der Waals surface area contributed by atoms with Gasteiger partial charge in [-0.25, -0.2) is 0 Å². The fourth-order valence-electron chi connectivity index (χ4n) is 1.77. The fourth-order valence-corrected chi connectivity index (χ4v) is 1.77. The Bertz CT molecular complexity index is 498. The van der Waals surface area contributed by atoms with Gasteiger partial charge < -0.3 is 9.47 Å². The van der Waals surface area contributed by atoms with Gasteiger partial charge >= 0.3 is 5.97 Å². The molecule has 1 aliphatic heterocycles. The summed E-state index contributed by atoms with van der Waals surface area (Å²) in [7, 11) is 0. The van der Waals surface area contributed by atoms with Gasteiger partial charge in [0.1, 0.15) is 17.1 Å². The van der Waals surface area contributed by atoms with Gasteiger partial charge in [0.05, 0.1) is 0 Å². The number of rotatable bonds is 1. The van der Waals surface area contributed by atoms with Crippen molar-refractivity contribution in [2.75, 3.05) is 0 Å². The number of esters is 1. The van der Waals surface area contributed by atoms with E-state index in [0.717, 1.165) is 16.9 Å². The third-order valence-electron chi connectivity index (χ3n) is 2.60. The van der Waals surface area contributed by atoms with Crippen LogP contribution in [0.25, 0.3) is 6.08 Å². The number of carbonyl (C=O) groups excluding carboxylic acids is 1. The molecule has 1 heterocycles. The molecular formula is C14H16O3. The first-order valence-corrected chi connectivity index (χ1v) is 5.59. The molecule has 0 aromatic heterocycles. The lowest BCUT2D eigenvalue weighted by atomic mass is 10.0. The number of carbonyl (C=O) groups is 1. The van der Waals surface area contributed by atoms with Gasteiger partial charge in [-0.05, 0) is 44.5 Å². The van der Waals surface area contributed by atoms with Gasteiger partial charge in [0.25, 0.3) is 0 Å². The Morgan fingerprint density at radius 1 is 1.35 bits per heavy atom. The second-order valence-electron chi connectivity index (χ2n) is 4.79. The maximum Gasteiger partial charge on any atom is 0.308 e. The van der Waals surface area contributed by atoms with E-state index < -0.39 is 0 Å². The Kier molecular flexibility index (Phi) is 2.69. The molecular weight excluding hydrogens is 216 g/mol. The minimum Gasteiger partial charge on any atom is -0.483 e. The highest BCUT2D eigenvalue weighted by Crippen LogP contribution is 2.35. The zero-order valence-electron chi connectivity index (χ0n) is 10.5. The summed E-state index contributed by atoms with van der Waals surface area (Å²) in [6.45, 7) is 7.30. The van der Waals surface area contributed by atoms with E-state index in [9.17, 15) is 4.79 Å². The van der Waals surface area contributed by atoms with E-state index >= 15 is 0 Å². The molecule has 3 nitrogen and oxygen atoms in total. The van der Waals surface area contributed by atoms with Gasteiger partial charge in [-0.3, -0.25) is 4.79 Å². The lowest BCUT2D eigenvalue weighted by Gasteiger charge is -2.28. The largest absolute Gasteiger partial charge is 0.483 e. The van der Waals surface area contributed by atoms with Gasteiger partial charge in [0.2, 0.25) is 0 Å². The number of aryl methyl sites for hydroxylation is 1. The predicted molar refractivity (Wildman–Crippen MR) is 66.2 cm³/mol. The van der Waals surface area contributed by atoms with Crippen molar-refractivity contribution in [3.8, 4) is 11.5 Å². The van der Waals surface area contributed by atoms with E-state index in [2.05, 4.69) is 0 Å². The van der Waals surface area contributed by atoms with Crippen LogP contribution in [0.5, 0.6) is 11.5 Å². The molecule has 0 aliphatic carbocycles. The normalized spacial score (nSPS) is 16.0. The Labute approximate surface area is 101 Å². The molecule has 0 atom stereocenters. The van der Waals surface area contributed by atoms with E-state index in [4.69, 9.17) is 9.47 Å². The summed E-state index contributed by atoms with van der Waals surface area (Å²) in [5.41, 5.74) is 1.54. The Morgan fingerprint density at radius 2 is 2.06 bits per heavy atom. The van der Waals surface area contributed by atoms with Crippen LogP contribution in [0.15, 0.2) is 18.2 Å². The molecule has 3 heteroatoms. The van der Waals surface area contributed by atoms with Gasteiger partial charge in [-0.2, -0.15) is 0 Å². The molecule has 0 saturated heterocycles. The lowest BCUT2D eigenvalue weighted by Crippen LogP contribution is -2.27. The number of benzene rings is 1. The highest BCUT2D eigenvalue weighted by Gasteiger charge is 2.22. The maximum absolute atomic E-state index is 11.0. The second-order valence-corrected chi connectivity index (χ2v) is 4.79. The molecule has 0 radical (unpaired) electrons. The quantitative estimate of drug-likeness (QED) is 0.551. The van der Waals surface area contributed by atoms with Gasteiger partial charge in [0, 0.05) is 12.5 Å². The highest BCUT2D eigenvalue weighted by molar-refractivity contribution is 5.72. The molecule has 17 heavy (non-hydrogen) atoms. The van der Waals surface area contributed by atoms with Crippen LogP contribution >= 0.6 is 0 Å². The van der Waals surface area contributed by atoms with E-state index in [0.29, 0.717) is 5.75 Å². The predicted octanol–water partition coefficient (Wildman–Crippen LogP) is 3.10. The molecule has 2 rings (SSSR count). The first-order chi connectivity index (χ1) is 7.87. The summed E-state index contributed by atoms with van der Waals surface area (Å²) in [6, 6.07) is 3.73. The van der Waals surface area contributed by atoms with Crippen LogP contribution in [0, 0.1) is 6.92 Å². The van der Waals surface area contributed by atoms with Crippen LogP contribution in [0.4, 0.5) is 0 Å². The minimum absolute atomic E-state index is 0.289. The number of hydrogen-bond acceptors (Lipinski definition) is 3. The SMILES string of the molecule is CC(=O)Oc1cc2c(cc1C)OC(C)(C)C=C2. The van der Waals surface area contributed by atoms with Crippen molar-refractivity contribution in [2.45, 2.75) is 33.3 Å². The summed E-state index contributed by atoms with van der Waals surface area (Å²) < 4.78 is 11.0. The molecule has 1 aromatic rings. The van der Waals surface area contributed by atoms with Crippen molar-refractivity contribution >= 4 is 12.0 Å². The summed E-state index contributed by atoms with van der Waals surface area (Å²) in [6.07, 6.45) is 3.98. The van der Waals surface area contributed by atoms with Crippen LogP contribution in [0.3, 0.4) is 0 Å². The van der Waals surface area contributed by atoms with Crippen LogP contribution in [-0.2, 0) is 4.79 Å². The van der Waals surface area contributed by atoms with Crippen molar-refractivity contribution in [1.82, 2.24) is 0 Å². The molecule has 1 aromatic carbocycles. The van der Waals surface area contributed by atoms with Crippen molar-refractivity contribution < 1.29 is 14.3 Å². The summed E-state index contributed by atoms with van der Waals surface area (Å²) in [5, 5.41) is 0. The minimum atomic E-state index is -0.311. The summed E-state index contributed by atoms with van der Waals surface area (Å²) in [5.74, 6) is 1.10. The van der Waals surface area contributed by atoms with Crippen LogP contribution in [0.2, 0.25) is 0 Å². The first-order valence-electron chi connectivity index (χ1n) is 5.59. The average molecular weight is 232 g/mol. The molecule has 1 aliphatic rings. The fraction of sp³-hybridized carbons (Fsp3) is 0.357. The second kappa shape index (κ2) is 3.91. The zero-order chi connectivity index (χ0) is 12.6. The van der Waals surface area contributed by atoms with Crippen molar-refractivity contribution in [3.05, 3.63) is 29.3 Å². The van der Waals surface area contributed by atoms with Crippen molar-refractivity contribution in [2.24, 2.45) is 0 Å². The average Bonchev–Trinajstić information content (AvgIpc) is 2.18. The molecule has 0 saturated carbocycles. The van der Waals surface area contributed by atoms with Crippen LogP contribution < -0.4 is 9.47 Å². The van der Waals surface area contributed by atoms with Gasteiger partial charge in [-0.1, -0.05) is 6.08 Å². The van der Waals surface area contributed by atoms with Crippen LogP contribution in [-0.4, -0.2) is 11.6 Å². The zero-order valence-corrected chi connectivity index (χ0v) is 10.5. The monoisotopic (exact) mass is 232 g/mol. The molecule has 0 bridgehead atoms. The third-order valence-corrected chi connectivity index (χ3v) is 2.60.